The summed E-state index contributed by atoms with van der Waals surface area (Å²) in [6.07, 6.45) is 8.40. The predicted octanol–water partition coefficient (Wildman–Crippen LogP) is 4.71. The number of fused-ring (bicyclic) bond motifs is 2. The van der Waals surface area contributed by atoms with Crippen molar-refractivity contribution in [2.45, 2.75) is 58.0 Å². The fourth-order valence-electron chi connectivity index (χ4n) is 4.78. The summed E-state index contributed by atoms with van der Waals surface area (Å²) in [5.41, 5.74) is 5.13. The van der Waals surface area contributed by atoms with Gasteiger partial charge in [-0.1, -0.05) is 11.2 Å². The Kier molecular flexibility index (Phi) is 5.63. The summed E-state index contributed by atoms with van der Waals surface area (Å²) in [7, 11) is 0. The standard InChI is InChI=1S/C25H30N6O3/c1-25(2,3)34-24(32)30-11-8-16(9-12-30)22-23(31-13-10-26-15-21(31)28-22)27-18-5-6-19-17(14-18)4-7-20(19)29-33/h5-6,10,13-16,27,33H,4,7-9,11-12H2,1-3H3/b29-20+. The van der Waals surface area contributed by atoms with Crippen LogP contribution in [0.4, 0.5) is 16.3 Å². The number of carbonyl (C=O) groups is 1. The van der Waals surface area contributed by atoms with Gasteiger partial charge in [-0.25, -0.2) is 9.78 Å². The Morgan fingerprint density at radius 3 is 2.76 bits per heavy atom. The summed E-state index contributed by atoms with van der Waals surface area (Å²) in [5, 5.41) is 16.2. The van der Waals surface area contributed by atoms with E-state index in [1.807, 2.05) is 43.5 Å². The summed E-state index contributed by atoms with van der Waals surface area (Å²) in [5.74, 6) is 1.13. The van der Waals surface area contributed by atoms with E-state index in [0.717, 1.165) is 59.8 Å². The molecule has 0 spiro atoms. The fraction of sp³-hybridized carbons (Fsp3) is 0.440. The second-order valence-electron chi connectivity index (χ2n) is 9.94. The first-order valence-electron chi connectivity index (χ1n) is 11.7. The van der Waals surface area contributed by atoms with Crippen molar-refractivity contribution in [1.82, 2.24) is 19.3 Å². The molecule has 9 heteroatoms. The van der Waals surface area contributed by atoms with Gasteiger partial charge < -0.3 is 20.2 Å². The topological polar surface area (TPSA) is 104 Å². The molecular formula is C25H30N6O3. The first kappa shape index (κ1) is 22.2. The Morgan fingerprint density at radius 1 is 1.24 bits per heavy atom. The van der Waals surface area contributed by atoms with Gasteiger partial charge in [0.25, 0.3) is 0 Å². The highest BCUT2D eigenvalue weighted by Crippen LogP contribution is 2.36. The zero-order valence-electron chi connectivity index (χ0n) is 19.8. The van der Waals surface area contributed by atoms with Crippen LogP contribution in [0.2, 0.25) is 0 Å². The minimum atomic E-state index is -0.501. The lowest BCUT2D eigenvalue weighted by molar-refractivity contribution is 0.0204. The maximum absolute atomic E-state index is 12.5. The van der Waals surface area contributed by atoms with Crippen LogP contribution < -0.4 is 5.32 Å². The third-order valence-corrected chi connectivity index (χ3v) is 6.42. The average molecular weight is 463 g/mol. The number of hydrogen-bond acceptors (Lipinski definition) is 7. The number of aryl methyl sites for hydroxylation is 1. The molecule has 3 heterocycles. The SMILES string of the molecule is CC(C)(C)OC(=O)N1CCC(c2nc3cnccn3c2Nc2ccc3c(c2)CC/C3=N\O)CC1. The quantitative estimate of drug-likeness (QED) is 0.431. The van der Waals surface area contributed by atoms with Crippen LogP contribution in [0.1, 0.15) is 62.8 Å². The molecule has 1 aliphatic heterocycles. The van der Waals surface area contributed by atoms with Crippen LogP contribution in [0, 0.1) is 0 Å². The molecule has 1 aliphatic carbocycles. The lowest BCUT2D eigenvalue weighted by atomic mass is 9.93. The normalized spacial score (nSPS) is 17.9. The minimum absolute atomic E-state index is 0.212. The number of piperidine rings is 1. The molecule has 1 amide bonds. The van der Waals surface area contributed by atoms with E-state index in [9.17, 15) is 10.0 Å². The third-order valence-electron chi connectivity index (χ3n) is 6.42. The largest absolute Gasteiger partial charge is 0.444 e. The minimum Gasteiger partial charge on any atom is -0.444 e. The molecule has 0 bridgehead atoms. The number of amides is 1. The van der Waals surface area contributed by atoms with E-state index in [4.69, 9.17) is 9.72 Å². The number of ether oxygens (including phenoxy) is 1. The van der Waals surface area contributed by atoms with Gasteiger partial charge >= 0.3 is 6.09 Å². The van der Waals surface area contributed by atoms with E-state index in [-0.39, 0.29) is 12.0 Å². The molecule has 9 nitrogen and oxygen atoms in total. The van der Waals surface area contributed by atoms with Crippen molar-refractivity contribution in [2.24, 2.45) is 5.16 Å². The molecule has 1 fully saturated rings. The number of carbonyl (C=O) groups excluding carboxylic acids is 1. The monoisotopic (exact) mass is 462 g/mol. The molecule has 178 valence electrons. The Morgan fingerprint density at radius 2 is 2.03 bits per heavy atom. The zero-order valence-corrected chi connectivity index (χ0v) is 19.8. The molecule has 1 aromatic carbocycles. The van der Waals surface area contributed by atoms with Gasteiger partial charge in [-0.3, -0.25) is 9.38 Å². The maximum atomic E-state index is 12.5. The number of rotatable bonds is 3. The Labute approximate surface area is 198 Å². The predicted molar refractivity (Wildman–Crippen MR) is 129 cm³/mol. The average Bonchev–Trinajstić information content (AvgIpc) is 3.39. The number of aromatic nitrogens is 3. The van der Waals surface area contributed by atoms with Crippen molar-refractivity contribution in [1.29, 1.82) is 0 Å². The second-order valence-corrected chi connectivity index (χ2v) is 9.94. The number of benzene rings is 1. The first-order valence-corrected chi connectivity index (χ1v) is 11.7. The number of nitrogens with zero attached hydrogens (tertiary/aromatic N) is 5. The van der Waals surface area contributed by atoms with E-state index in [0.29, 0.717) is 13.1 Å². The van der Waals surface area contributed by atoms with Crippen molar-refractivity contribution in [3.8, 4) is 0 Å². The van der Waals surface area contributed by atoms with Crippen LogP contribution in [0.25, 0.3) is 5.65 Å². The molecule has 0 saturated carbocycles. The molecule has 0 atom stereocenters. The van der Waals surface area contributed by atoms with Crippen molar-refractivity contribution in [2.75, 3.05) is 18.4 Å². The van der Waals surface area contributed by atoms with Crippen LogP contribution >= 0.6 is 0 Å². The molecule has 2 aromatic heterocycles. The Bertz CT molecular complexity index is 1250. The molecule has 1 saturated heterocycles. The van der Waals surface area contributed by atoms with Gasteiger partial charge in [0.05, 0.1) is 17.6 Å². The highest BCUT2D eigenvalue weighted by Gasteiger charge is 2.30. The number of imidazole rings is 1. The van der Waals surface area contributed by atoms with Gasteiger partial charge in [-0.15, -0.1) is 0 Å². The van der Waals surface area contributed by atoms with Crippen molar-refractivity contribution in [3.05, 3.63) is 53.6 Å². The summed E-state index contributed by atoms with van der Waals surface area (Å²) in [6, 6.07) is 6.12. The molecule has 0 radical (unpaired) electrons. The van der Waals surface area contributed by atoms with Gasteiger partial charge in [0.15, 0.2) is 5.65 Å². The second kappa shape index (κ2) is 8.62. The fourth-order valence-corrected chi connectivity index (χ4v) is 4.78. The van der Waals surface area contributed by atoms with Crippen molar-refractivity contribution in [3.63, 3.8) is 0 Å². The van der Waals surface area contributed by atoms with Crippen molar-refractivity contribution >= 4 is 29.0 Å². The molecule has 34 heavy (non-hydrogen) atoms. The van der Waals surface area contributed by atoms with Gasteiger partial charge in [0.2, 0.25) is 0 Å². The van der Waals surface area contributed by atoms with Crippen LogP contribution in [0.3, 0.4) is 0 Å². The highest BCUT2D eigenvalue weighted by molar-refractivity contribution is 6.04. The highest BCUT2D eigenvalue weighted by atomic mass is 16.6. The van der Waals surface area contributed by atoms with E-state index in [1.165, 1.54) is 5.56 Å². The van der Waals surface area contributed by atoms with Crippen molar-refractivity contribution < 1.29 is 14.7 Å². The van der Waals surface area contributed by atoms with Gasteiger partial charge in [0, 0.05) is 42.7 Å². The molecule has 0 unspecified atom stereocenters. The van der Waals surface area contributed by atoms with E-state index < -0.39 is 5.60 Å². The summed E-state index contributed by atoms with van der Waals surface area (Å²) in [4.78, 5) is 23.4. The van der Waals surface area contributed by atoms with E-state index in [2.05, 4.69) is 21.5 Å². The molecular weight excluding hydrogens is 432 g/mol. The zero-order chi connectivity index (χ0) is 23.9. The maximum Gasteiger partial charge on any atom is 0.410 e. The van der Waals surface area contributed by atoms with Crippen LogP contribution in [0.15, 0.2) is 41.9 Å². The number of hydrogen-bond donors (Lipinski definition) is 2. The number of anilines is 2. The molecule has 3 aromatic rings. The Hall–Kier alpha value is -3.62. The number of likely N-dealkylation sites (tertiary alicyclic amines) is 1. The van der Waals surface area contributed by atoms with E-state index >= 15 is 0 Å². The summed E-state index contributed by atoms with van der Waals surface area (Å²) in [6.45, 7) is 6.92. The summed E-state index contributed by atoms with van der Waals surface area (Å²) >= 11 is 0. The van der Waals surface area contributed by atoms with Gasteiger partial charge in [0.1, 0.15) is 11.4 Å². The van der Waals surface area contributed by atoms with Gasteiger partial charge in [-0.2, -0.15) is 0 Å². The molecule has 2 aliphatic rings. The lowest BCUT2D eigenvalue weighted by Gasteiger charge is -2.33. The third kappa shape index (κ3) is 4.30. The lowest BCUT2D eigenvalue weighted by Crippen LogP contribution is -2.41. The number of oxime groups is 1. The number of nitrogens with one attached hydrogen (secondary N) is 1. The van der Waals surface area contributed by atoms with E-state index in [1.54, 1.807) is 17.3 Å². The Balaban J connectivity index is 1.39. The smallest absolute Gasteiger partial charge is 0.410 e. The van der Waals surface area contributed by atoms with Gasteiger partial charge in [-0.05, 0) is 64.2 Å². The summed E-state index contributed by atoms with van der Waals surface area (Å²) < 4.78 is 7.57. The first-order chi connectivity index (χ1) is 16.3. The van der Waals surface area contributed by atoms with Crippen LogP contribution in [-0.2, 0) is 11.2 Å². The van der Waals surface area contributed by atoms with Crippen LogP contribution in [0.5, 0.6) is 0 Å². The molecule has 5 rings (SSSR count). The van der Waals surface area contributed by atoms with Crippen LogP contribution in [-0.4, -0.2) is 55.0 Å². The molecule has 2 N–H and O–H groups in total.